The van der Waals surface area contributed by atoms with Gasteiger partial charge >= 0.3 is 5.69 Å². The number of nitro benzene ring substituents is 1. The normalized spacial score (nSPS) is 14.8. The Labute approximate surface area is 115 Å². The number of aliphatic hydroxyl groups excluding tert-OH is 1. The van der Waals surface area contributed by atoms with Gasteiger partial charge in [0.1, 0.15) is 0 Å². The van der Waals surface area contributed by atoms with Crippen LogP contribution in [0.3, 0.4) is 0 Å². The molecular formula is C11H15FN2O5S. The van der Waals surface area contributed by atoms with Gasteiger partial charge in [0.15, 0.2) is 4.90 Å². The van der Waals surface area contributed by atoms with Crippen molar-refractivity contribution in [1.82, 2.24) is 4.72 Å². The van der Waals surface area contributed by atoms with E-state index in [0.717, 1.165) is 18.2 Å². The Morgan fingerprint density at radius 3 is 2.55 bits per heavy atom. The summed E-state index contributed by atoms with van der Waals surface area (Å²) in [5.41, 5.74) is -1.09. The second kappa shape index (κ2) is 6.25. The topological polar surface area (TPSA) is 110 Å². The van der Waals surface area contributed by atoms with Gasteiger partial charge in [0.2, 0.25) is 15.8 Å². The van der Waals surface area contributed by atoms with Gasteiger partial charge in [-0.2, -0.15) is 4.39 Å². The summed E-state index contributed by atoms with van der Waals surface area (Å²) >= 11 is 0. The zero-order valence-electron chi connectivity index (χ0n) is 10.9. The van der Waals surface area contributed by atoms with Gasteiger partial charge in [-0.1, -0.05) is 6.07 Å². The van der Waals surface area contributed by atoms with E-state index in [9.17, 15) is 28.0 Å². The molecule has 112 valence electrons. The molecule has 20 heavy (non-hydrogen) atoms. The molecule has 1 aromatic carbocycles. The summed E-state index contributed by atoms with van der Waals surface area (Å²) in [5.74, 6) is -1.22. The van der Waals surface area contributed by atoms with Crippen molar-refractivity contribution in [2.45, 2.75) is 37.3 Å². The van der Waals surface area contributed by atoms with Crippen molar-refractivity contribution in [1.29, 1.82) is 0 Å². The van der Waals surface area contributed by atoms with Crippen molar-refractivity contribution in [2.75, 3.05) is 0 Å². The molecule has 1 rings (SSSR count). The van der Waals surface area contributed by atoms with E-state index in [4.69, 9.17) is 0 Å². The summed E-state index contributed by atoms with van der Waals surface area (Å²) < 4.78 is 39.6. The second-order valence-electron chi connectivity index (χ2n) is 4.45. The van der Waals surface area contributed by atoms with E-state index in [0.29, 0.717) is 0 Å². The fourth-order valence-electron chi connectivity index (χ4n) is 1.78. The van der Waals surface area contributed by atoms with E-state index in [1.165, 1.54) is 13.8 Å². The monoisotopic (exact) mass is 306 g/mol. The molecule has 0 fully saturated rings. The maximum absolute atomic E-state index is 13.4. The molecule has 2 unspecified atom stereocenters. The second-order valence-corrected chi connectivity index (χ2v) is 6.13. The van der Waals surface area contributed by atoms with Crippen molar-refractivity contribution in [3.63, 3.8) is 0 Å². The third-order valence-corrected chi connectivity index (χ3v) is 4.09. The first kappa shape index (κ1) is 16.5. The molecule has 0 aromatic heterocycles. The molecule has 0 spiro atoms. The number of para-hydroxylation sites is 1. The molecule has 2 atom stereocenters. The van der Waals surface area contributed by atoms with Crippen LogP contribution < -0.4 is 4.72 Å². The average molecular weight is 306 g/mol. The Balaban J connectivity index is 3.17. The Morgan fingerprint density at radius 2 is 2.05 bits per heavy atom. The number of halogens is 1. The molecule has 0 saturated carbocycles. The first-order valence-electron chi connectivity index (χ1n) is 5.78. The summed E-state index contributed by atoms with van der Waals surface area (Å²) in [7, 11) is -4.25. The molecule has 7 nitrogen and oxygen atoms in total. The summed E-state index contributed by atoms with van der Waals surface area (Å²) in [6, 6.07) is 2.20. The van der Waals surface area contributed by atoms with Crippen LogP contribution in [-0.4, -0.2) is 30.6 Å². The molecule has 2 N–H and O–H groups in total. The molecule has 0 radical (unpaired) electrons. The van der Waals surface area contributed by atoms with Crippen LogP contribution in [0.5, 0.6) is 0 Å². The van der Waals surface area contributed by atoms with Gasteiger partial charge in [0.05, 0.1) is 11.0 Å². The predicted octanol–water partition coefficient (Wildman–Crippen LogP) is 1.17. The molecule has 1 aromatic rings. The first-order chi connectivity index (χ1) is 9.15. The van der Waals surface area contributed by atoms with E-state index in [-0.39, 0.29) is 6.42 Å². The number of benzene rings is 1. The number of hydrogen-bond acceptors (Lipinski definition) is 5. The molecule has 0 heterocycles. The van der Waals surface area contributed by atoms with E-state index >= 15 is 0 Å². The Hall–Kier alpha value is -1.58. The SMILES string of the molecule is CC(O)CC(C)NS(=O)(=O)c1cccc(F)c1[N+](=O)[O-]. The highest BCUT2D eigenvalue weighted by Crippen LogP contribution is 2.26. The van der Waals surface area contributed by atoms with Gasteiger partial charge in [-0.05, 0) is 32.4 Å². The average Bonchev–Trinajstić information content (AvgIpc) is 2.25. The number of nitro groups is 1. The molecule has 0 bridgehead atoms. The zero-order valence-corrected chi connectivity index (χ0v) is 11.7. The molecule has 0 amide bonds. The Morgan fingerprint density at radius 1 is 1.45 bits per heavy atom. The lowest BCUT2D eigenvalue weighted by Crippen LogP contribution is -2.35. The van der Waals surface area contributed by atoms with Crippen molar-refractivity contribution < 1.29 is 22.8 Å². The summed E-state index contributed by atoms with van der Waals surface area (Å²) in [6.07, 6.45) is -0.613. The molecule has 0 aliphatic rings. The lowest BCUT2D eigenvalue weighted by molar-refractivity contribution is -0.390. The maximum atomic E-state index is 13.4. The molecular weight excluding hydrogens is 291 g/mol. The molecule has 9 heteroatoms. The first-order valence-corrected chi connectivity index (χ1v) is 7.26. The lowest BCUT2D eigenvalue weighted by atomic mass is 10.2. The van der Waals surface area contributed by atoms with Crippen LogP contribution in [0.2, 0.25) is 0 Å². The minimum absolute atomic E-state index is 0.127. The van der Waals surface area contributed by atoms with Crippen molar-refractivity contribution in [2.24, 2.45) is 0 Å². The summed E-state index contributed by atoms with van der Waals surface area (Å²) in [4.78, 5) is 8.97. The number of hydrogen-bond donors (Lipinski definition) is 2. The van der Waals surface area contributed by atoms with E-state index in [1.54, 1.807) is 0 Å². The van der Waals surface area contributed by atoms with Gasteiger partial charge in [-0.3, -0.25) is 10.1 Å². The van der Waals surface area contributed by atoms with E-state index in [2.05, 4.69) is 4.72 Å². The van der Waals surface area contributed by atoms with Gasteiger partial charge in [0, 0.05) is 6.04 Å². The number of nitrogens with zero attached hydrogens (tertiary/aromatic N) is 1. The Kier molecular flexibility index (Phi) is 5.15. The third kappa shape index (κ3) is 3.95. The largest absolute Gasteiger partial charge is 0.393 e. The van der Waals surface area contributed by atoms with E-state index in [1.807, 2.05) is 0 Å². The van der Waals surface area contributed by atoms with Crippen LogP contribution in [-0.2, 0) is 10.0 Å². The fraction of sp³-hybridized carbons (Fsp3) is 0.455. The number of nitrogens with one attached hydrogen (secondary N) is 1. The quantitative estimate of drug-likeness (QED) is 0.605. The van der Waals surface area contributed by atoms with Gasteiger partial charge < -0.3 is 5.11 Å². The highest BCUT2D eigenvalue weighted by atomic mass is 32.2. The summed E-state index contributed by atoms with van der Waals surface area (Å²) in [5, 5.41) is 20.0. The zero-order chi connectivity index (χ0) is 15.5. The number of sulfonamides is 1. The number of aliphatic hydroxyl groups is 1. The van der Waals surface area contributed by atoms with Gasteiger partial charge in [0.25, 0.3) is 0 Å². The molecule has 0 saturated heterocycles. The molecule has 0 aliphatic carbocycles. The standard InChI is InChI=1S/C11H15FN2O5S/c1-7(6-8(2)15)13-20(18,19)10-5-3-4-9(12)11(10)14(16)17/h3-5,7-8,13,15H,6H2,1-2H3. The highest BCUT2D eigenvalue weighted by molar-refractivity contribution is 7.89. The van der Waals surface area contributed by atoms with Crippen LogP contribution in [0.4, 0.5) is 10.1 Å². The van der Waals surface area contributed by atoms with Crippen LogP contribution in [0.25, 0.3) is 0 Å². The predicted molar refractivity (Wildman–Crippen MR) is 69.1 cm³/mol. The van der Waals surface area contributed by atoms with Crippen LogP contribution in [0.1, 0.15) is 20.3 Å². The highest BCUT2D eigenvalue weighted by Gasteiger charge is 2.30. The van der Waals surface area contributed by atoms with E-state index < -0.39 is 43.5 Å². The smallest absolute Gasteiger partial charge is 0.324 e. The van der Waals surface area contributed by atoms with Crippen LogP contribution >= 0.6 is 0 Å². The van der Waals surface area contributed by atoms with Crippen molar-refractivity contribution >= 4 is 15.7 Å². The van der Waals surface area contributed by atoms with Crippen LogP contribution in [0.15, 0.2) is 23.1 Å². The Bertz CT molecular complexity index is 603. The molecule has 0 aliphatic heterocycles. The summed E-state index contributed by atoms with van der Waals surface area (Å²) in [6.45, 7) is 2.98. The van der Waals surface area contributed by atoms with Crippen molar-refractivity contribution in [3.05, 3.63) is 34.1 Å². The minimum Gasteiger partial charge on any atom is -0.393 e. The minimum atomic E-state index is -4.25. The maximum Gasteiger partial charge on any atom is 0.324 e. The van der Waals surface area contributed by atoms with Crippen molar-refractivity contribution in [3.8, 4) is 0 Å². The van der Waals surface area contributed by atoms with Gasteiger partial charge in [-0.25, -0.2) is 13.1 Å². The van der Waals surface area contributed by atoms with Crippen LogP contribution in [0, 0.1) is 15.9 Å². The lowest BCUT2D eigenvalue weighted by Gasteiger charge is -2.15. The number of rotatable bonds is 6. The fourth-order valence-corrected chi connectivity index (χ4v) is 3.21. The van der Waals surface area contributed by atoms with Gasteiger partial charge in [-0.15, -0.1) is 0 Å². The third-order valence-electron chi connectivity index (χ3n) is 2.47.